The van der Waals surface area contributed by atoms with Crippen LogP contribution in [0.5, 0.6) is 0 Å². The van der Waals surface area contributed by atoms with Crippen molar-refractivity contribution >= 4 is 23.5 Å². The highest BCUT2D eigenvalue weighted by Gasteiger charge is 2.14. The Morgan fingerprint density at radius 1 is 1.10 bits per heavy atom. The van der Waals surface area contributed by atoms with E-state index in [9.17, 15) is 9.59 Å². The van der Waals surface area contributed by atoms with Gasteiger partial charge in [0.05, 0.1) is 11.6 Å². The van der Waals surface area contributed by atoms with Gasteiger partial charge >= 0.3 is 12.0 Å². The first-order valence-electron chi connectivity index (χ1n) is 5.72. The molecule has 21 heavy (non-hydrogen) atoms. The Balaban J connectivity index is 2.08. The van der Waals surface area contributed by atoms with Gasteiger partial charge in [-0.25, -0.2) is 19.6 Å². The molecule has 0 saturated carbocycles. The molecule has 0 atom stereocenters. The van der Waals surface area contributed by atoms with E-state index in [0.29, 0.717) is 11.3 Å². The SMILES string of the molecule is N#Cc1ccc(NC(=O)Nc2nccnc2C(=O)O)cc1. The summed E-state index contributed by atoms with van der Waals surface area (Å²) < 4.78 is 0. The number of carbonyl (C=O) groups excluding carboxylic acids is 1. The van der Waals surface area contributed by atoms with Crippen LogP contribution in [0.2, 0.25) is 0 Å². The molecule has 1 aromatic heterocycles. The third-order valence-corrected chi connectivity index (χ3v) is 2.40. The molecule has 0 aliphatic rings. The quantitative estimate of drug-likeness (QED) is 0.786. The summed E-state index contributed by atoms with van der Waals surface area (Å²) in [6, 6.07) is 7.47. The second-order valence-corrected chi connectivity index (χ2v) is 3.83. The Hall–Kier alpha value is -3.47. The maximum atomic E-state index is 11.8. The molecule has 2 amide bonds. The van der Waals surface area contributed by atoms with Crippen LogP contribution in [-0.4, -0.2) is 27.1 Å². The summed E-state index contributed by atoms with van der Waals surface area (Å²) in [5.74, 6) is -1.45. The van der Waals surface area contributed by atoms with Gasteiger partial charge in [-0.1, -0.05) is 0 Å². The molecule has 0 radical (unpaired) electrons. The number of nitrogens with one attached hydrogen (secondary N) is 2. The number of amides is 2. The summed E-state index contributed by atoms with van der Waals surface area (Å²) >= 11 is 0. The number of aromatic carboxylic acids is 1. The smallest absolute Gasteiger partial charge is 0.358 e. The minimum absolute atomic E-state index is 0.156. The van der Waals surface area contributed by atoms with Crippen LogP contribution in [-0.2, 0) is 0 Å². The molecule has 8 heteroatoms. The monoisotopic (exact) mass is 283 g/mol. The molecular formula is C13H9N5O3. The number of carboxylic acid groups (broad SMARTS) is 1. The standard InChI is InChI=1S/C13H9N5O3/c14-7-8-1-3-9(4-2-8)17-13(21)18-11-10(12(19)20)15-5-6-16-11/h1-6H,(H,19,20)(H2,16,17,18,21). The zero-order valence-corrected chi connectivity index (χ0v) is 10.6. The molecule has 0 fully saturated rings. The summed E-state index contributed by atoms with van der Waals surface area (Å²) in [5, 5.41) is 22.4. The number of hydrogen-bond acceptors (Lipinski definition) is 5. The molecule has 0 aliphatic carbocycles. The number of aromatic nitrogens is 2. The van der Waals surface area contributed by atoms with Crippen molar-refractivity contribution in [1.29, 1.82) is 5.26 Å². The van der Waals surface area contributed by atoms with Crippen LogP contribution in [0.15, 0.2) is 36.7 Å². The Morgan fingerprint density at radius 2 is 1.76 bits per heavy atom. The van der Waals surface area contributed by atoms with Gasteiger partial charge in [0.1, 0.15) is 0 Å². The molecule has 1 heterocycles. The van der Waals surface area contributed by atoms with Gasteiger partial charge in [-0.05, 0) is 24.3 Å². The van der Waals surface area contributed by atoms with E-state index in [1.165, 1.54) is 12.4 Å². The summed E-state index contributed by atoms with van der Waals surface area (Å²) in [6.07, 6.45) is 2.48. The van der Waals surface area contributed by atoms with Crippen LogP contribution < -0.4 is 10.6 Å². The maximum absolute atomic E-state index is 11.8. The highest BCUT2D eigenvalue weighted by molar-refractivity contribution is 6.02. The van der Waals surface area contributed by atoms with Crippen molar-refractivity contribution in [2.45, 2.75) is 0 Å². The van der Waals surface area contributed by atoms with Crippen LogP contribution in [0.4, 0.5) is 16.3 Å². The Labute approximate surface area is 119 Å². The number of rotatable bonds is 3. The number of anilines is 2. The lowest BCUT2D eigenvalue weighted by Gasteiger charge is -2.08. The fourth-order valence-electron chi connectivity index (χ4n) is 1.48. The van der Waals surface area contributed by atoms with Gasteiger partial charge in [0.15, 0.2) is 11.5 Å². The van der Waals surface area contributed by atoms with Crippen molar-refractivity contribution in [2.75, 3.05) is 10.6 Å². The molecule has 8 nitrogen and oxygen atoms in total. The van der Waals surface area contributed by atoms with E-state index in [-0.39, 0.29) is 11.5 Å². The topological polar surface area (TPSA) is 128 Å². The molecule has 0 bridgehead atoms. The van der Waals surface area contributed by atoms with E-state index in [1.807, 2.05) is 6.07 Å². The molecule has 3 N–H and O–H groups in total. The molecule has 2 rings (SSSR count). The average Bonchev–Trinajstić information content (AvgIpc) is 2.48. The molecule has 104 valence electrons. The van der Waals surface area contributed by atoms with E-state index in [1.54, 1.807) is 24.3 Å². The summed E-state index contributed by atoms with van der Waals surface area (Å²) in [4.78, 5) is 30.1. The zero-order chi connectivity index (χ0) is 15.2. The number of carbonyl (C=O) groups is 2. The van der Waals surface area contributed by atoms with Crippen molar-refractivity contribution in [2.24, 2.45) is 0 Å². The first-order valence-corrected chi connectivity index (χ1v) is 5.72. The Bertz CT molecular complexity index is 721. The van der Waals surface area contributed by atoms with E-state index >= 15 is 0 Å². The lowest BCUT2D eigenvalue weighted by molar-refractivity contribution is 0.0691. The van der Waals surface area contributed by atoms with E-state index < -0.39 is 12.0 Å². The number of carboxylic acids is 1. The zero-order valence-electron chi connectivity index (χ0n) is 10.6. The third kappa shape index (κ3) is 3.51. The minimum atomic E-state index is -1.29. The second-order valence-electron chi connectivity index (χ2n) is 3.83. The Morgan fingerprint density at radius 3 is 2.38 bits per heavy atom. The molecule has 2 aromatic rings. The largest absolute Gasteiger partial charge is 0.476 e. The van der Waals surface area contributed by atoms with Crippen molar-refractivity contribution in [3.05, 3.63) is 47.9 Å². The third-order valence-electron chi connectivity index (χ3n) is 2.40. The van der Waals surface area contributed by atoms with Crippen molar-refractivity contribution < 1.29 is 14.7 Å². The fraction of sp³-hybridized carbons (Fsp3) is 0. The predicted molar refractivity (Wildman–Crippen MR) is 72.8 cm³/mol. The second kappa shape index (κ2) is 6.12. The van der Waals surface area contributed by atoms with Crippen molar-refractivity contribution in [3.63, 3.8) is 0 Å². The number of nitriles is 1. The van der Waals surface area contributed by atoms with Crippen molar-refractivity contribution in [3.8, 4) is 6.07 Å². The number of benzene rings is 1. The molecule has 0 aliphatic heterocycles. The van der Waals surface area contributed by atoms with Gasteiger partial charge in [-0.3, -0.25) is 5.32 Å². The number of nitrogens with zero attached hydrogens (tertiary/aromatic N) is 3. The highest BCUT2D eigenvalue weighted by Crippen LogP contribution is 2.11. The van der Waals surface area contributed by atoms with Gasteiger partial charge in [0, 0.05) is 18.1 Å². The minimum Gasteiger partial charge on any atom is -0.476 e. The van der Waals surface area contributed by atoms with E-state index in [2.05, 4.69) is 20.6 Å². The molecular weight excluding hydrogens is 274 g/mol. The lowest BCUT2D eigenvalue weighted by Crippen LogP contribution is -2.22. The first kappa shape index (κ1) is 14.0. The van der Waals surface area contributed by atoms with Crippen LogP contribution in [0, 0.1) is 11.3 Å². The van der Waals surface area contributed by atoms with Crippen molar-refractivity contribution in [1.82, 2.24) is 9.97 Å². The maximum Gasteiger partial charge on any atom is 0.358 e. The Kier molecular flexibility index (Phi) is 4.06. The van der Waals surface area contributed by atoms with Gasteiger partial charge in [-0.2, -0.15) is 5.26 Å². The lowest BCUT2D eigenvalue weighted by atomic mass is 10.2. The van der Waals surface area contributed by atoms with Crippen LogP contribution in [0.3, 0.4) is 0 Å². The van der Waals surface area contributed by atoms with Gasteiger partial charge in [0.25, 0.3) is 0 Å². The van der Waals surface area contributed by atoms with Crippen LogP contribution in [0.1, 0.15) is 16.1 Å². The number of urea groups is 1. The molecule has 0 unspecified atom stereocenters. The van der Waals surface area contributed by atoms with Gasteiger partial charge in [0.2, 0.25) is 0 Å². The summed E-state index contributed by atoms with van der Waals surface area (Å²) in [7, 11) is 0. The van der Waals surface area contributed by atoms with Gasteiger partial charge in [-0.15, -0.1) is 0 Å². The molecule has 1 aromatic carbocycles. The molecule has 0 saturated heterocycles. The fourth-order valence-corrected chi connectivity index (χ4v) is 1.48. The highest BCUT2D eigenvalue weighted by atomic mass is 16.4. The van der Waals surface area contributed by atoms with E-state index in [4.69, 9.17) is 10.4 Å². The summed E-state index contributed by atoms with van der Waals surface area (Å²) in [5.41, 5.74) is 0.558. The van der Waals surface area contributed by atoms with Crippen LogP contribution >= 0.6 is 0 Å². The normalized spacial score (nSPS) is 9.48. The predicted octanol–water partition coefficient (Wildman–Crippen LogP) is 1.69. The molecule has 0 spiro atoms. The number of hydrogen-bond donors (Lipinski definition) is 3. The van der Waals surface area contributed by atoms with Crippen LogP contribution in [0.25, 0.3) is 0 Å². The summed E-state index contributed by atoms with van der Waals surface area (Å²) in [6.45, 7) is 0. The first-order chi connectivity index (χ1) is 10.1. The van der Waals surface area contributed by atoms with E-state index in [0.717, 1.165) is 0 Å². The average molecular weight is 283 g/mol. The van der Waals surface area contributed by atoms with Gasteiger partial charge < -0.3 is 10.4 Å².